The molecule has 0 aromatic heterocycles. The minimum Gasteiger partial charge on any atom is -0.497 e. The number of fused-ring (bicyclic) bond motifs is 4. The summed E-state index contributed by atoms with van der Waals surface area (Å²) in [6.45, 7) is 23.2. The van der Waals surface area contributed by atoms with Crippen molar-refractivity contribution in [3.63, 3.8) is 0 Å². The van der Waals surface area contributed by atoms with E-state index in [-0.39, 0.29) is 31.6 Å². The molecule has 11 rings (SSSR count). The Morgan fingerprint density at radius 2 is 1.17 bits per heavy atom. The highest BCUT2D eigenvalue weighted by Gasteiger charge is 2.58. The first kappa shape index (κ1) is 64.0. The third-order valence-corrected chi connectivity index (χ3v) is 28.5. The van der Waals surface area contributed by atoms with Crippen LogP contribution in [0.25, 0.3) is 0 Å². The number of carbonyl (C=O) groups excluding carboxylic acids is 1. The van der Waals surface area contributed by atoms with Gasteiger partial charge in [0.05, 0.1) is 64.0 Å². The van der Waals surface area contributed by atoms with E-state index in [1.54, 1.807) is 7.11 Å². The van der Waals surface area contributed by atoms with Crippen molar-refractivity contribution in [2.24, 2.45) is 0 Å². The third kappa shape index (κ3) is 13.3. The zero-order valence-corrected chi connectivity index (χ0v) is 55.2. The first-order valence-corrected chi connectivity index (χ1v) is 35.5. The number of carbonyl (C=O) groups is 1. The van der Waals surface area contributed by atoms with E-state index in [4.69, 9.17) is 42.0 Å². The third-order valence-electron chi connectivity index (χ3n) is 18.5. The maximum absolute atomic E-state index is 17.1. The Morgan fingerprint density at radius 1 is 0.652 bits per heavy atom. The summed E-state index contributed by atoms with van der Waals surface area (Å²) < 4.78 is 65.4. The average Bonchev–Trinajstić information content (AvgIpc) is 1.41. The van der Waals surface area contributed by atoms with Crippen LogP contribution >= 0.6 is 0 Å². The molecule has 0 saturated carbocycles. The second kappa shape index (κ2) is 27.5. The fraction of sp³-hybridized carbons (Fsp3) is 0.382. The Morgan fingerprint density at radius 3 is 1.72 bits per heavy atom. The summed E-state index contributed by atoms with van der Waals surface area (Å²) in [6.07, 6.45) is 0.855. The Bertz CT molecular complexity index is 3370. The van der Waals surface area contributed by atoms with E-state index in [0.29, 0.717) is 26.1 Å². The Hall–Kier alpha value is -6.60. The van der Waals surface area contributed by atoms with E-state index in [0.717, 1.165) is 48.8 Å². The van der Waals surface area contributed by atoms with Gasteiger partial charge in [0, 0.05) is 12.8 Å². The Balaban J connectivity index is 1.09. The van der Waals surface area contributed by atoms with Gasteiger partial charge in [-0.15, -0.1) is 6.58 Å². The predicted octanol–water partition coefficient (Wildman–Crippen LogP) is 12.4. The molecule has 2 fully saturated rings. The fourth-order valence-corrected chi connectivity index (χ4v) is 23.6. The topological polar surface area (TPSA) is 103 Å². The zero-order valence-electron chi connectivity index (χ0n) is 53.2. The molecule has 10 atom stereocenters. The molecule has 4 aliphatic rings. The van der Waals surface area contributed by atoms with E-state index in [1.807, 2.05) is 79.4 Å². The molecule has 0 spiro atoms. The Kier molecular flexibility index (Phi) is 19.7. The number of benzene rings is 7. The summed E-state index contributed by atoms with van der Waals surface area (Å²) >= 11 is 0. The van der Waals surface area contributed by atoms with Crippen LogP contribution in [0.2, 0.25) is 10.1 Å². The highest BCUT2D eigenvalue weighted by Crippen LogP contribution is 2.50. The van der Waals surface area contributed by atoms with Gasteiger partial charge in [-0.25, -0.2) is 0 Å². The van der Waals surface area contributed by atoms with E-state index < -0.39 is 87.3 Å². The van der Waals surface area contributed by atoms with Gasteiger partial charge in [-0.3, -0.25) is 4.79 Å². The molecule has 0 radical (unpaired) electrons. The van der Waals surface area contributed by atoms with E-state index in [2.05, 4.69) is 206 Å². The number of methoxy groups -OCH3 is 1. The van der Waals surface area contributed by atoms with Gasteiger partial charge in [-0.05, 0) is 85.5 Å². The van der Waals surface area contributed by atoms with Crippen LogP contribution in [0.4, 0.5) is 0 Å². The summed E-state index contributed by atoms with van der Waals surface area (Å²) in [6, 6.07) is 68.6. The molecule has 0 unspecified atom stereocenters. The monoisotopic (exact) mass is 1230 g/mol. The van der Waals surface area contributed by atoms with E-state index >= 15 is 4.79 Å². The van der Waals surface area contributed by atoms with Gasteiger partial charge in [-0.2, -0.15) is 0 Å². The lowest BCUT2D eigenvalue weighted by molar-refractivity contribution is -0.264. The van der Waals surface area contributed by atoms with Crippen LogP contribution in [0.1, 0.15) is 96.5 Å². The number of hydrogen-bond acceptors (Lipinski definition) is 10. The molecular weight excluding hydrogens is 1140 g/mol. The minimum absolute atomic E-state index is 0.0236. The van der Waals surface area contributed by atoms with Gasteiger partial charge >= 0.3 is 0 Å². The van der Waals surface area contributed by atoms with Gasteiger partial charge < -0.3 is 46.9 Å². The molecule has 466 valence electrons. The van der Waals surface area contributed by atoms with Crippen LogP contribution < -0.4 is 25.5 Å². The lowest BCUT2D eigenvalue weighted by atomic mass is 9.89. The standard InChI is InChI=1S/C76H89NO10Si2/c1-11-63(87-89(75(5,6)7,60-38-23-15-24-39-60)61-40-25-16-26-41-61)68(53-83-88(74(2,3)4,58-34-19-13-20-35-58)59-36-21-14-22-37-59)85-67(73(78)77-69-62-42-28-27-33-56(62)49-65(69)86-76(77,8)9)50-66-71(81-52-55-44-46-57(79-10)47-45-55)72(82-51-54-31-17-12-18-32-54)70-64(84-66)43-29-30-48-80-70/h11-42,44-47,63-72H,1,43,48-53H2,2-10H3/t63-,64-,65-,66+,67-,68+,69+,70-,71+,72+/m0/s1. The summed E-state index contributed by atoms with van der Waals surface area (Å²) in [4.78, 5) is 19.0. The fourth-order valence-electron chi connectivity index (χ4n) is 14.4. The molecule has 11 nitrogen and oxygen atoms in total. The zero-order chi connectivity index (χ0) is 62.4. The van der Waals surface area contributed by atoms with Crippen molar-refractivity contribution in [1.82, 2.24) is 4.90 Å². The smallest absolute Gasteiger partial charge is 0.262 e. The first-order chi connectivity index (χ1) is 43.0. The molecule has 2 saturated heterocycles. The lowest BCUT2D eigenvalue weighted by Crippen LogP contribution is -2.69. The number of nitrogens with zero attached hydrogens (tertiary/aromatic N) is 1. The van der Waals surface area contributed by atoms with Crippen molar-refractivity contribution in [3.05, 3.63) is 247 Å². The van der Waals surface area contributed by atoms with Gasteiger partial charge in [0.25, 0.3) is 22.5 Å². The minimum atomic E-state index is -3.39. The molecule has 1 amide bonds. The maximum atomic E-state index is 17.1. The van der Waals surface area contributed by atoms with Gasteiger partial charge in [-0.1, -0.05) is 248 Å². The summed E-state index contributed by atoms with van der Waals surface area (Å²) in [7, 11) is -5.05. The van der Waals surface area contributed by atoms with Crippen molar-refractivity contribution in [2.45, 2.75) is 165 Å². The quantitative estimate of drug-likeness (QED) is 0.0454. The molecule has 0 bridgehead atoms. The van der Waals surface area contributed by atoms with Crippen LogP contribution in [0.15, 0.2) is 225 Å². The van der Waals surface area contributed by atoms with Crippen LogP contribution in [-0.2, 0) is 61.7 Å². The van der Waals surface area contributed by atoms with Crippen molar-refractivity contribution >= 4 is 43.3 Å². The van der Waals surface area contributed by atoms with Crippen molar-refractivity contribution in [2.75, 3.05) is 20.3 Å². The van der Waals surface area contributed by atoms with Gasteiger partial charge in [0.2, 0.25) is 0 Å². The summed E-state index contributed by atoms with van der Waals surface area (Å²) in [5, 5.41) is 3.55. The van der Waals surface area contributed by atoms with Gasteiger partial charge in [0.15, 0.2) is 0 Å². The number of hydrogen-bond donors (Lipinski definition) is 0. The number of ether oxygens (including phenoxy) is 7. The summed E-state index contributed by atoms with van der Waals surface area (Å²) in [5.74, 6) is 0.491. The van der Waals surface area contributed by atoms with Crippen LogP contribution in [0.3, 0.4) is 0 Å². The SMILES string of the molecule is C=C[C@H](O[Si](c1ccccc1)(c1ccccc1)C(C)(C)C)[C@@H](CO[Si](c1ccccc1)(c1ccccc1)C(C)(C)C)O[C@@H](C[C@H]1O[C@H]2CC=CCO[C@@H]2[C@@H](OCc2ccccc2)[C@@H]1OCc1ccc(OC)cc1)C(=O)N1[C@@H]2c3ccccc3C[C@@H]2OC1(C)C. The lowest BCUT2D eigenvalue weighted by Gasteiger charge is -2.48. The summed E-state index contributed by atoms with van der Waals surface area (Å²) in [5.41, 5.74) is 3.11. The highest BCUT2D eigenvalue weighted by molar-refractivity contribution is 7.00. The average molecular weight is 1230 g/mol. The van der Waals surface area contributed by atoms with Crippen LogP contribution in [0.5, 0.6) is 5.75 Å². The van der Waals surface area contributed by atoms with Crippen LogP contribution in [-0.4, -0.2) is 108 Å². The van der Waals surface area contributed by atoms with Crippen LogP contribution in [0, 0.1) is 0 Å². The van der Waals surface area contributed by atoms with Crippen molar-refractivity contribution in [3.8, 4) is 5.75 Å². The van der Waals surface area contributed by atoms with E-state index in [1.165, 1.54) is 0 Å². The molecule has 13 heteroatoms. The second-order valence-electron chi connectivity index (χ2n) is 26.6. The second-order valence-corrected chi connectivity index (χ2v) is 35.2. The molecule has 3 heterocycles. The highest BCUT2D eigenvalue weighted by atomic mass is 28.4. The van der Waals surface area contributed by atoms with Gasteiger partial charge in [0.1, 0.15) is 42.0 Å². The maximum Gasteiger partial charge on any atom is 0.262 e. The predicted molar refractivity (Wildman–Crippen MR) is 357 cm³/mol. The molecular formula is C76H89NO10Si2. The molecule has 0 N–H and O–H groups in total. The van der Waals surface area contributed by atoms with Crippen molar-refractivity contribution in [1.29, 1.82) is 0 Å². The normalized spacial score (nSPS) is 22.7. The molecule has 3 aliphatic heterocycles. The Labute approximate surface area is 530 Å². The first-order valence-electron chi connectivity index (χ1n) is 31.7. The molecule has 7 aromatic rings. The van der Waals surface area contributed by atoms with E-state index in [9.17, 15) is 0 Å². The molecule has 1 aliphatic carbocycles. The molecule has 89 heavy (non-hydrogen) atoms. The largest absolute Gasteiger partial charge is 0.497 e. The molecule has 7 aromatic carbocycles. The number of amides is 1. The van der Waals surface area contributed by atoms with Crippen molar-refractivity contribution < 1.29 is 46.8 Å². The number of rotatable bonds is 23.